The zero-order chi connectivity index (χ0) is 12.8. The molecule has 0 saturated carbocycles. The van der Waals surface area contributed by atoms with Gasteiger partial charge in [-0.1, -0.05) is 49.1 Å². The molecule has 0 amide bonds. The minimum Gasteiger partial charge on any atom is -0.488 e. The Bertz CT molecular complexity index is 582. The lowest BCUT2D eigenvalue weighted by Crippen LogP contribution is -1.97. The molecule has 2 heteroatoms. The molecule has 88 valence electrons. The topological polar surface area (TPSA) is 33.0 Å². The molecule has 0 heterocycles. The normalized spacial score (nSPS) is 9.50. The van der Waals surface area contributed by atoms with Crippen LogP contribution >= 0.6 is 0 Å². The first kappa shape index (κ1) is 11.9. The Morgan fingerprint density at radius 2 is 1.94 bits per heavy atom. The number of hydrogen-bond acceptors (Lipinski definition) is 2. The standard InChI is InChI=1S/C16H13NO/c1-2-13-8-9-15(11-17)16(10-13)18-12-14-6-4-3-5-7-14/h2-10H,1,12H2. The van der Waals surface area contributed by atoms with E-state index in [0.717, 1.165) is 11.1 Å². The molecule has 0 spiro atoms. The van der Waals surface area contributed by atoms with Crippen LogP contribution in [-0.2, 0) is 6.61 Å². The Balaban J connectivity index is 2.18. The average molecular weight is 235 g/mol. The van der Waals surface area contributed by atoms with Crippen LogP contribution in [0.5, 0.6) is 5.75 Å². The Hall–Kier alpha value is -2.53. The molecule has 0 bridgehead atoms. The summed E-state index contributed by atoms with van der Waals surface area (Å²) in [6.45, 7) is 4.16. The van der Waals surface area contributed by atoms with Crippen LogP contribution in [0.1, 0.15) is 16.7 Å². The highest BCUT2D eigenvalue weighted by molar-refractivity contribution is 5.55. The molecule has 0 N–H and O–H groups in total. The lowest BCUT2D eigenvalue weighted by atomic mass is 10.1. The van der Waals surface area contributed by atoms with Crippen LogP contribution in [-0.4, -0.2) is 0 Å². The molecule has 0 fully saturated rings. The first-order valence-electron chi connectivity index (χ1n) is 5.67. The molecule has 0 aliphatic carbocycles. The summed E-state index contributed by atoms with van der Waals surface area (Å²) in [5, 5.41) is 9.02. The van der Waals surface area contributed by atoms with E-state index in [-0.39, 0.29) is 0 Å². The van der Waals surface area contributed by atoms with Crippen molar-refractivity contribution in [3.05, 3.63) is 71.8 Å². The summed E-state index contributed by atoms with van der Waals surface area (Å²) >= 11 is 0. The van der Waals surface area contributed by atoms with Gasteiger partial charge in [-0.15, -0.1) is 0 Å². The molecule has 2 aromatic rings. The summed E-state index contributed by atoms with van der Waals surface area (Å²) in [7, 11) is 0. The monoisotopic (exact) mass is 235 g/mol. The number of rotatable bonds is 4. The van der Waals surface area contributed by atoms with Crippen molar-refractivity contribution in [3.63, 3.8) is 0 Å². The Kier molecular flexibility index (Phi) is 3.78. The summed E-state index contributed by atoms with van der Waals surface area (Å²) in [4.78, 5) is 0. The zero-order valence-electron chi connectivity index (χ0n) is 9.97. The predicted octanol–water partition coefficient (Wildman–Crippen LogP) is 3.78. The molecule has 2 aromatic carbocycles. The van der Waals surface area contributed by atoms with Gasteiger partial charge in [0, 0.05) is 0 Å². The zero-order valence-corrected chi connectivity index (χ0v) is 9.97. The third kappa shape index (κ3) is 2.78. The smallest absolute Gasteiger partial charge is 0.138 e. The molecular weight excluding hydrogens is 222 g/mol. The molecule has 2 nitrogen and oxygen atoms in total. The van der Waals surface area contributed by atoms with Crippen LogP contribution < -0.4 is 4.74 Å². The molecule has 0 aliphatic rings. The highest BCUT2D eigenvalue weighted by atomic mass is 16.5. The summed E-state index contributed by atoms with van der Waals surface area (Å²) in [6.07, 6.45) is 1.73. The van der Waals surface area contributed by atoms with E-state index in [4.69, 9.17) is 10.00 Å². The number of hydrogen-bond donors (Lipinski definition) is 0. The van der Waals surface area contributed by atoms with E-state index in [1.807, 2.05) is 42.5 Å². The van der Waals surface area contributed by atoms with Crippen molar-refractivity contribution >= 4 is 6.08 Å². The number of ether oxygens (including phenoxy) is 1. The molecule has 0 radical (unpaired) electrons. The second-order valence-electron chi connectivity index (χ2n) is 3.85. The van der Waals surface area contributed by atoms with Gasteiger partial charge < -0.3 is 4.74 Å². The molecule has 2 rings (SSSR count). The van der Waals surface area contributed by atoms with Gasteiger partial charge in [0.15, 0.2) is 0 Å². The molecule has 0 saturated heterocycles. The van der Waals surface area contributed by atoms with E-state index in [1.165, 1.54) is 0 Å². The van der Waals surface area contributed by atoms with Gasteiger partial charge in [0.05, 0.1) is 5.56 Å². The number of nitrogens with zero attached hydrogens (tertiary/aromatic N) is 1. The van der Waals surface area contributed by atoms with E-state index >= 15 is 0 Å². The maximum atomic E-state index is 9.02. The lowest BCUT2D eigenvalue weighted by Gasteiger charge is -2.08. The van der Waals surface area contributed by atoms with Crippen LogP contribution in [0.3, 0.4) is 0 Å². The Labute approximate surface area is 107 Å². The predicted molar refractivity (Wildman–Crippen MR) is 72.0 cm³/mol. The molecule has 18 heavy (non-hydrogen) atoms. The summed E-state index contributed by atoms with van der Waals surface area (Å²) in [5.41, 5.74) is 2.55. The van der Waals surface area contributed by atoms with Crippen molar-refractivity contribution in [1.29, 1.82) is 5.26 Å². The van der Waals surface area contributed by atoms with Crippen LogP contribution in [0.2, 0.25) is 0 Å². The Morgan fingerprint density at radius 1 is 1.17 bits per heavy atom. The van der Waals surface area contributed by atoms with Crippen molar-refractivity contribution in [2.75, 3.05) is 0 Å². The number of nitriles is 1. The third-order valence-electron chi connectivity index (χ3n) is 2.60. The first-order chi connectivity index (χ1) is 8.83. The van der Waals surface area contributed by atoms with Crippen molar-refractivity contribution in [2.45, 2.75) is 6.61 Å². The van der Waals surface area contributed by atoms with E-state index in [0.29, 0.717) is 17.9 Å². The molecular formula is C16H13NO. The van der Waals surface area contributed by atoms with E-state index < -0.39 is 0 Å². The largest absolute Gasteiger partial charge is 0.488 e. The second-order valence-corrected chi connectivity index (χ2v) is 3.85. The van der Waals surface area contributed by atoms with Crippen molar-refractivity contribution in [1.82, 2.24) is 0 Å². The van der Waals surface area contributed by atoms with Crippen molar-refractivity contribution in [2.24, 2.45) is 0 Å². The van der Waals surface area contributed by atoms with Gasteiger partial charge in [0.2, 0.25) is 0 Å². The SMILES string of the molecule is C=Cc1ccc(C#N)c(OCc2ccccc2)c1. The van der Waals surface area contributed by atoms with Gasteiger partial charge in [0.25, 0.3) is 0 Å². The minimum atomic E-state index is 0.454. The maximum Gasteiger partial charge on any atom is 0.138 e. The number of benzene rings is 2. The summed E-state index contributed by atoms with van der Waals surface area (Å²) < 4.78 is 5.69. The van der Waals surface area contributed by atoms with Gasteiger partial charge in [-0.3, -0.25) is 0 Å². The first-order valence-corrected chi connectivity index (χ1v) is 5.67. The molecule has 0 aromatic heterocycles. The highest BCUT2D eigenvalue weighted by Crippen LogP contribution is 2.21. The van der Waals surface area contributed by atoms with Gasteiger partial charge in [-0.2, -0.15) is 5.26 Å². The average Bonchev–Trinajstić information content (AvgIpc) is 2.45. The van der Waals surface area contributed by atoms with Gasteiger partial charge in [-0.25, -0.2) is 0 Å². The summed E-state index contributed by atoms with van der Waals surface area (Å²) in [5.74, 6) is 0.596. The molecule has 0 aliphatic heterocycles. The Morgan fingerprint density at radius 3 is 2.61 bits per heavy atom. The van der Waals surface area contributed by atoms with Gasteiger partial charge in [0.1, 0.15) is 18.4 Å². The highest BCUT2D eigenvalue weighted by Gasteiger charge is 2.04. The summed E-state index contributed by atoms with van der Waals surface area (Å²) in [6, 6.07) is 17.4. The van der Waals surface area contributed by atoms with Crippen molar-refractivity contribution in [3.8, 4) is 11.8 Å². The van der Waals surface area contributed by atoms with Crippen LogP contribution in [0.4, 0.5) is 0 Å². The fraction of sp³-hybridized carbons (Fsp3) is 0.0625. The van der Waals surface area contributed by atoms with Crippen LogP contribution in [0.25, 0.3) is 6.08 Å². The van der Waals surface area contributed by atoms with E-state index in [1.54, 1.807) is 12.1 Å². The van der Waals surface area contributed by atoms with Crippen LogP contribution in [0, 0.1) is 11.3 Å². The maximum absolute atomic E-state index is 9.02. The van der Waals surface area contributed by atoms with Crippen molar-refractivity contribution < 1.29 is 4.74 Å². The fourth-order valence-corrected chi connectivity index (χ4v) is 1.61. The van der Waals surface area contributed by atoms with Crippen LogP contribution in [0.15, 0.2) is 55.1 Å². The van der Waals surface area contributed by atoms with E-state index in [2.05, 4.69) is 12.6 Å². The third-order valence-corrected chi connectivity index (χ3v) is 2.60. The minimum absolute atomic E-state index is 0.454. The fourth-order valence-electron chi connectivity index (χ4n) is 1.61. The molecule has 0 atom stereocenters. The molecule has 0 unspecified atom stereocenters. The quantitative estimate of drug-likeness (QED) is 0.807. The lowest BCUT2D eigenvalue weighted by molar-refractivity contribution is 0.305. The van der Waals surface area contributed by atoms with Gasteiger partial charge >= 0.3 is 0 Å². The van der Waals surface area contributed by atoms with Gasteiger partial charge in [-0.05, 0) is 23.3 Å². The van der Waals surface area contributed by atoms with E-state index in [9.17, 15) is 0 Å². The second kappa shape index (κ2) is 5.70.